The second kappa shape index (κ2) is 51.7. The van der Waals surface area contributed by atoms with E-state index in [1.807, 2.05) is 6.92 Å². The van der Waals surface area contributed by atoms with Gasteiger partial charge in [0.2, 0.25) is 5.91 Å². The summed E-state index contributed by atoms with van der Waals surface area (Å²) in [5.74, 6) is 0.962. The minimum absolute atomic E-state index is 0.0572. The average molecular weight is 992 g/mol. The topological polar surface area (TPSA) is 102 Å². The number of esters is 3. The van der Waals surface area contributed by atoms with Gasteiger partial charge in [-0.15, -0.1) is 0 Å². The van der Waals surface area contributed by atoms with E-state index in [1.165, 1.54) is 128 Å². The minimum Gasteiger partial charge on any atom is -0.466 e. The Balaban J connectivity index is 5.45. The van der Waals surface area contributed by atoms with Crippen molar-refractivity contribution in [2.24, 2.45) is 11.8 Å². The largest absolute Gasteiger partial charge is 0.466 e. The molecule has 0 saturated carbocycles. The van der Waals surface area contributed by atoms with Crippen LogP contribution in [0, 0.1) is 11.8 Å². The number of hydrogen-bond acceptors (Lipinski definition) is 8. The summed E-state index contributed by atoms with van der Waals surface area (Å²) >= 11 is 0. The molecule has 0 fully saturated rings. The van der Waals surface area contributed by atoms with E-state index in [0.29, 0.717) is 57.3 Å². The first-order valence-electron chi connectivity index (χ1n) is 30.5. The number of ether oxygens (including phenoxy) is 3. The van der Waals surface area contributed by atoms with Gasteiger partial charge in [-0.25, -0.2) is 0 Å². The van der Waals surface area contributed by atoms with E-state index < -0.39 is 0 Å². The molecule has 0 aromatic heterocycles. The first-order chi connectivity index (χ1) is 34.1. The van der Waals surface area contributed by atoms with Crippen molar-refractivity contribution in [3.05, 3.63) is 0 Å². The van der Waals surface area contributed by atoms with Gasteiger partial charge in [0.1, 0.15) is 0 Å². The third-order valence-electron chi connectivity index (χ3n) is 14.5. The molecule has 0 saturated heterocycles. The number of nitrogens with zero attached hydrogens (tertiary/aromatic N) is 2. The Hall–Kier alpha value is -2.16. The molecule has 0 bridgehead atoms. The highest BCUT2D eigenvalue weighted by Gasteiger charge is 2.23. The van der Waals surface area contributed by atoms with Gasteiger partial charge >= 0.3 is 17.9 Å². The van der Waals surface area contributed by atoms with E-state index in [2.05, 4.69) is 51.6 Å². The monoisotopic (exact) mass is 991 g/mol. The van der Waals surface area contributed by atoms with Gasteiger partial charge in [0.25, 0.3) is 0 Å². The third-order valence-corrected chi connectivity index (χ3v) is 14.5. The van der Waals surface area contributed by atoms with Gasteiger partial charge in [-0.05, 0) is 110 Å². The Labute approximate surface area is 434 Å². The smallest absolute Gasteiger partial charge is 0.305 e. The van der Waals surface area contributed by atoms with Crippen molar-refractivity contribution in [1.82, 2.24) is 9.80 Å². The van der Waals surface area contributed by atoms with Crippen molar-refractivity contribution >= 4 is 23.8 Å². The zero-order chi connectivity index (χ0) is 51.6. The predicted molar refractivity (Wildman–Crippen MR) is 296 cm³/mol. The summed E-state index contributed by atoms with van der Waals surface area (Å²) < 4.78 is 16.9. The minimum atomic E-state index is -0.122. The fourth-order valence-electron chi connectivity index (χ4n) is 9.96. The van der Waals surface area contributed by atoms with Crippen molar-refractivity contribution in [2.75, 3.05) is 47.0 Å². The Morgan fingerprint density at radius 3 is 1.04 bits per heavy atom. The van der Waals surface area contributed by atoms with E-state index in [0.717, 1.165) is 129 Å². The molecule has 0 heterocycles. The van der Waals surface area contributed by atoms with Gasteiger partial charge in [0, 0.05) is 38.3 Å². The summed E-state index contributed by atoms with van der Waals surface area (Å²) in [4.78, 5) is 56.3. The molecule has 2 unspecified atom stereocenters. The summed E-state index contributed by atoms with van der Waals surface area (Å²) in [6.45, 7) is 14.1. The molecule has 70 heavy (non-hydrogen) atoms. The molecule has 1 amide bonds. The van der Waals surface area contributed by atoms with E-state index >= 15 is 0 Å². The lowest BCUT2D eigenvalue weighted by atomic mass is 9.95. The molecule has 0 radical (unpaired) electrons. The van der Waals surface area contributed by atoms with Gasteiger partial charge in [-0.1, -0.05) is 201 Å². The summed E-state index contributed by atoms with van der Waals surface area (Å²) in [5.41, 5.74) is 0. The molecule has 0 aliphatic rings. The van der Waals surface area contributed by atoms with Crippen LogP contribution in [0.5, 0.6) is 0 Å². The molecule has 0 N–H and O–H groups in total. The quantitative estimate of drug-likeness (QED) is 0.0337. The molecule has 0 aliphatic heterocycles. The molecule has 9 heteroatoms. The maximum atomic E-state index is 14.1. The van der Waals surface area contributed by atoms with Crippen LogP contribution in [0.15, 0.2) is 0 Å². The number of amides is 1. The summed E-state index contributed by atoms with van der Waals surface area (Å²) in [7, 11) is 4.18. The van der Waals surface area contributed by atoms with Crippen LogP contribution >= 0.6 is 0 Å². The Morgan fingerprint density at radius 2 is 0.657 bits per heavy atom. The zero-order valence-corrected chi connectivity index (χ0v) is 47.7. The lowest BCUT2D eigenvalue weighted by Crippen LogP contribution is -2.41. The fourth-order valence-corrected chi connectivity index (χ4v) is 9.96. The second-order valence-electron chi connectivity index (χ2n) is 21.6. The number of rotatable bonds is 54. The maximum absolute atomic E-state index is 14.1. The van der Waals surface area contributed by atoms with Crippen molar-refractivity contribution in [3.8, 4) is 0 Å². The van der Waals surface area contributed by atoms with Crippen LogP contribution in [0.2, 0.25) is 0 Å². The number of unbranched alkanes of at least 4 members (excludes halogenated alkanes) is 24. The van der Waals surface area contributed by atoms with Crippen LogP contribution in [0.25, 0.3) is 0 Å². The number of carbonyl (C=O) groups excluding carboxylic acids is 4. The van der Waals surface area contributed by atoms with Crippen molar-refractivity contribution in [2.45, 2.75) is 310 Å². The van der Waals surface area contributed by atoms with Gasteiger partial charge in [0.15, 0.2) is 0 Å². The molecule has 414 valence electrons. The van der Waals surface area contributed by atoms with E-state index in [4.69, 9.17) is 14.2 Å². The van der Waals surface area contributed by atoms with Crippen LogP contribution in [-0.4, -0.2) is 86.7 Å². The Morgan fingerprint density at radius 1 is 0.343 bits per heavy atom. The van der Waals surface area contributed by atoms with Gasteiger partial charge < -0.3 is 24.0 Å². The van der Waals surface area contributed by atoms with E-state index in [-0.39, 0.29) is 29.9 Å². The molecule has 0 rings (SSSR count). The second-order valence-corrected chi connectivity index (χ2v) is 21.6. The molecule has 0 aromatic carbocycles. The molecule has 2 atom stereocenters. The standard InChI is InChI=1S/C61H118N2O7/c1-8-13-17-21-24-32-43-55(41-30-19-15-10-3)53-69-60(66)49-38-28-34-45-57(63(52-40-51-62(6)7)58(64)47-36-26-23-27-37-48-59(65)68-12-5)46-35-29-39-50-61(67)70-54-56(42-31-20-16-11-4)44-33-25-22-18-14-9-2/h55-57H,8-54H2,1-7H3. The van der Waals surface area contributed by atoms with Crippen LogP contribution in [-0.2, 0) is 33.4 Å². The van der Waals surface area contributed by atoms with Crippen LogP contribution < -0.4 is 0 Å². The van der Waals surface area contributed by atoms with Crippen molar-refractivity contribution in [3.63, 3.8) is 0 Å². The first kappa shape index (κ1) is 67.8. The molecular weight excluding hydrogens is 873 g/mol. The lowest BCUT2D eigenvalue weighted by Gasteiger charge is -2.33. The lowest BCUT2D eigenvalue weighted by molar-refractivity contribution is -0.146. The average Bonchev–Trinajstić information content (AvgIpc) is 3.34. The highest BCUT2D eigenvalue weighted by atomic mass is 16.5. The third kappa shape index (κ3) is 44.5. The van der Waals surface area contributed by atoms with Crippen LogP contribution in [0.3, 0.4) is 0 Å². The van der Waals surface area contributed by atoms with Gasteiger partial charge in [-0.2, -0.15) is 0 Å². The molecule has 0 aromatic rings. The fraction of sp³-hybridized carbons (Fsp3) is 0.934. The molecule has 0 spiro atoms. The Bertz CT molecular complexity index is 1120. The summed E-state index contributed by atoms with van der Waals surface area (Å²) in [6, 6.07) is 0.143. The van der Waals surface area contributed by atoms with Crippen LogP contribution in [0.4, 0.5) is 0 Å². The maximum Gasteiger partial charge on any atom is 0.305 e. The summed E-state index contributed by atoms with van der Waals surface area (Å²) in [6.07, 6.45) is 45.0. The SMILES string of the molecule is CCCCCCCCC(CCCCCC)COC(=O)CCCCCC(CCCCCC(=O)OCC(CCCCCC)CCCCCCCC)N(CCCN(C)C)C(=O)CCCCCCCC(=O)OCC. The number of carbonyl (C=O) groups is 4. The summed E-state index contributed by atoms with van der Waals surface area (Å²) in [5, 5.41) is 0. The van der Waals surface area contributed by atoms with Gasteiger partial charge in [-0.3, -0.25) is 19.2 Å². The molecule has 9 nitrogen and oxygen atoms in total. The predicted octanol–water partition coefficient (Wildman–Crippen LogP) is 17.1. The van der Waals surface area contributed by atoms with Gasteiger partial charge in [0.05, 0.1) is 19.8 Å². The first-order valence-corrected chi connectivity index (χ1v) is 30.5. The zero-order valence-electron chi connectivity index (χ0n) is 47.7. The normalized spacial score (nSPS) is 12.8. The van der Waals surface area contributed by atoms with Crippen molar-refractivity contribution < 1.29 is 33.4 Å². The van der Waals surface area contributed by atoms with Crippen molar-refractivity contribution in [1.29, 1.82) is 0 Å². The Kier molecular flexibility index (Phi) is 50.1. The van der Waals surface area contributed by atoms with Crippen LogP contribution in [0.1, 0.15) is 304 Å². The molecular formula is C61H118N2O7. The number of hydrogen-bond donors (Lipinski definition) is 0. The molecule has 0 aliphatic carbocycles. The highest BCUT2D eigenvalue weighted by molar-refractivity contribution is 5.76. The highest BCUT2D eigenvalue weighted by Crippen LogP contribution is 2.24. The van der Waals surface area contributed by atoms with E-state index in [1.54, 1.807) is 0 Å². The van der Waals surface area contributed by atoms with E-state index in [9.17, 15) is 19.2 Å².